The molecular formula is C15H14N2O2S3. The third kappa shape index (κ3) is 3.79. The number of aromatic nitrogens is 1. The van der Waals surface area contributed by atoms with Gasteiger partial charge in [-0.1, -0.05) is 17.4 Å². The number of thioether (sulfide) groups is 1. The Morgan fingerprint density at radius 2 is 2.32 bits per heavy atom. The van der Waals surface area contributed by atoms with Crippen molar-refractivity contribution in [3.05, 3.63) is 40.6 Å². The number of hydrogen-bond acceptors (Lipinski definition) is 6. The molecule has 2 aromatic heterocycles. The number of thiophene rings is 1. The highest BCUT2D eigenvalue weighted by Crippen LogP contribution is 2.29. The fourth-order valence-corrected chi connectivity index (χ4v) is 4.46. The SMILES string of the molecule is COc1ccc2nc(NC(=O)CSCc3cccs3)sc2c1. The Morgan fingerprint density at radius 1 is 1.41 bits per heavy atom. The number of thiazole rings is 1. The molecule has 1 aromatic carbocycles. The first-order valence-electron chi connectivity index (χ1n) is 6.59. The lowest BCUT2D eigenvalue weighted by atomic mass is 10.3. The third-order valence-electron chi connectivity index (χ3n) is 2.90. The minimum absolute atomic E-state index is 0.0208. The Hall–Kier alpha value is -1.57. The Labute approximate surface area is 140 Å². The molecule has 0 spiro atoms. The van der Waals surface area contributed by atoms with Crippen molar-refractivity contribution in [3.8, 4) is 5.75 Å². The van der Waals surface area contributed by atoms with Gasteiger partial charge >= 0.3 is 0 Å². The molecule has 0 atom stereocenters. The van der Waals surface area contributed by atoms with Crippen LogP contribution < -0.4 is 10.1 Å². The molecule has 0 bridgehead atoms. The highest BCUT2D eigenvalue weighted by atomic mass is 32.2. The number of amides is 1. The van der Waals surface area contributed by atoms with Crippen molar-refractivity contribution in [2.45, 2.75) is 5.75 Å². The molecule has 114 valence electrons. The van der Waals surface area contributed by atoms with Gasteiger partial charge in [-0.2, -0.15) is 0 Å². The van der Waals surface area contributed by atoms with Gasteiger partial charge in [0.2, 0.25) is 5.91 Å². The van der Waals surface area contributed by atoms with Crippen LogP contribution >= 0.6 is 34.4 Å². The zero-order valence-corrected chi connectivity index (χ0v) is 14.3. The van der Waals surface area contributed by atoms with Gasteiger partial charge in [0.25, 0.3) is 0 Å². The Bertz CT molecular complexity index is 768. The minimum Gasteiger partial charge on any atom is -0.497 e. The lowest BCUT2D eigenvalue weighted by Gasteiger charge is -2.00. The largest absolute Gasteiger partial charge is 0.497 e. The lowest BCUT2D eigenvalue weighted by Crippen LogP contribution is -2.13. The molecule has 2 heterocycles. The second-order valence-electron chi connectivity index (χ2n) is 4.47. The Balaban J connectivity index is 1.56. The maximum absolute atomic E-state index is 12.0. The molecule has 0 saturated heterocycles. The summed E-state index contributed by atoms with van der Waals surface area (Å²) in [6.45, 7) is 0. The summed E-state index contributed by atoms with van der Waals surface area (Å²) in [6.07, 6.45) is 0. The van der Waals surface area contributed by atoms with E-state index in [0.29, 0.717) is 10.9 Å². The summed E-state index contributed by atoms with van der Waals surface area (Å²) in [7, 11) is 1.63. The fourth-order valence-electron chi connectivity index (χ4n) is 1.88. The smallest absolute Gasteiger partial charge is 0.236 e. The molecule has 4 nitrogen and oxygen atoms in total. The molecule has 0 radical (unpaired) electrons. The summed E-state index contributed by atoms with van der Waals surface area (Å²) in [4.78, 5) is 17.6. The average Bonchev–Trinajstić information content (AvgIpc) is 3.15. The monoisotopic (exact) mass is 350 g/mol. The zero-order chi connectivity index (χ0) is 15.4. The van der Waals surface area contributed by atoms with Gasteiger partial charge in [-0.05, 0) is 29.6 Å². The van der Waals surface area contributed by atoms with E-state index in [2.05, 4.69) is 16.4 Å². The molecule has 0 fully saturated rings. The van der Waals surface area contributed by atoms with Crippen LogP contribution in [0, 0.1) is 0 Å². The molecule has 0 aliphatic carbocycles. The van der Waals surface area contributed by atoms with E-state index in [1.807, 2.05) is 29.6 Å². The summed E-state index contributed by atoms with van der Waals surface area (Å²) in [5.74, 6) is 2.06. The van der Waals surface area contributed by atoms with Crippen molar-refractivity contribution >= 4 is 55.7 Å². The van der Waals surface area contributed by atoms with Gasteiger partial charge in [0.15, 0.2) is 5.13 Å². The van der Waals surface area contributed by atoms with E-state index in [0.717, 1.165) is 21.7 Å². The summed E-state index contributed by atoms with van der Waals surface area (Å²) >= 11 is 4.77. The number of carbonyl (C=O) groups is 1. The van der Waals surface area contributed by atoms with Crippen molar-refractivity contribution in [1.82, 2.24) is 4.98 Å². The van der Waals surface area contributed by atoms with Crippen molar-refractivity contribution in [3.63, 3.8) is 0 Å². The van der Waals surface area contributed by atoms with E-state index in [1.54, 1.807) is 30.2 Å². The number of hydrogen-bond donors (Lipinski definition) is 1. The number of rotatable bonds is 6. The van der Waals surface area contributed by atoms with E-state index >= 15 is 0 Å². The number of methoxy groups -OCH3 is 1. The molecule has 3 rings (SSSR count). The number of nitrogens with one attached hydrogen (secondary N) is 1. The third-order valence-corrected chi connectivity index (χ3v) is 5.87. The summed E-state index contributed by atoms with van der Waals surface area (Å²) in [5.41, 5.74) is 0.868. The van der Waals surface area contributed by atoms with Gasteiger partial charge in [0, 0.05) is 10.6 Å². The van der Waals surface area contributed by atoms with Crippen molar-refractivity contribution in [2.75, 3.05) is 18.2 Å². The molecule has 22 heavy (non-hydrogen) atoms. The number of benzene rings is 1. The molecule has 0 aliphatic rings. The summed E-state index contributed by atoms with van der Waals surface area (Å²) < 4.78 is 6.19. The van der Waals surface area contributed by atoms with Crippen LogP contribution in [0.3, 0.4) is 0 Å². The normalized spacial score (nSPS) is 10.8. The van der Waals surface area contributed by atoms with Crippen molar-refractivity contribution < 1.29 is 9.53 Å². The van der Waals surface area contributed by atoms with Crippen LogP contribution in [0.1, 0.15) is 4.88 Å². The average molecular weight is 350 g/mol. The minimum atomic E-state index is -0.0208. The topological polar surface area (TPSA) is 51.2 Å². The molecule has 0 saturated carbocycles. The van der Waals surface area contributed by atoms with E-state index in [4.69, 9.17) is 4.74 Å². The van der Waals surface area contributed by atoms with E-state index in [1.165, 1.54) is 16.2 Å². The van der Waals surface area contributed by atoms with Crippen LogP contribution in [0.25, 0.3) is 10.2 Å². The van der Waals surface area contributed by atoms with Crippen LogP contribution in [0.2, 0.25) is 0 Å². The zero-order valence-electron chi connectivity index (χ0n) is 11.9. The number of fused-ring (bicyclic) bond motifs is 1. The van der Waals surface area contributed by atoms with Gasteiger partial charge < -0.3 is 10.1 Å². The predicted octanol–water partition coefficient (Wildman–Crippen LogP) is 4.24. The number of anilines is 1. The van der Waals surface area contributed by atoms with E-state index in [9.17, 15) is 4.79 Å². The predicted molar refractivity (Wildman–Crippen MR) is 95.3 cm³/mol. The second kappa shape index (κ2) is 7.13. The number of carbonyl (C=O) groups excluding carboxylic acids is 1. The maximum atomic E-state index is 12.0. The van der Waals surface area contributed by atoms with Gasteiger partial charge in [-0.15, -0.1) is 23.1 Å². The van der Waals surface area contributed by atoms with Gasteiger partial charge in [0.05, 0.1) is 23.1 Å². The van der Waals surface area contributed by atoms with Gasteiger partial charge in [0.1, 0.15) is 5.75 Å². The highest BCUT2D eigenvalue weighted by Gasteiger charge is 2.09. The van der Waals surface area contributed by atoms with Crippen molar-refractivity contribution in [2.24, 2.45) is 0 Å². The number of ether oxygens (including phenoxy) is 1. The van der Waals surface area contributed by atoms with Crippen LogP contribution in [-0.2, 0) is 10.5 Å². The van der Waals surface area contributed by atoms with Gasteiger partial charge in [-0.25, -0.2) is 4.98 Å². The molecule has 1 N–H and O–H groups in total. The summed E-state index contributed by atoms with van der Waals surface area (Å²) in [6, 6.07) is 9.79. The molecule has 0 unspecified atom stereocenters. The molecular weight excluding hydrogens is 336 g/mol. The number of nitrogens with zero attached hydrogens (tertiary/aromatic N) is 1. The maximum Gasteiger partial charge on any atom is 0.236 e. The standard InChI is InChI=1S/C15H14N2O2S3/c1-19-10-4-5-12-13(7-10)22-15(16-12)17-14(18)9-20-8-11-3-2-6-21-11/h2-7H,8-9H2,1H3,(H,16,17,18). The molecule has 7 heteroatoms. The summed E-state index contributed by atoms with van der Waals surface area (Å²) in [5, 5.41) is 5.54. The second-order valence-corrected chi connectivity index (χ2v) is 7.52. The quantitative estimate of drug-likeness (QED) is 0.722. The van der Waals surface area contributed by atoms with Crippen LogP contribution in [0.5, 0.6) is 5.75 Å². The highest BCUT2D eigenvalue weighted by molar-refractivity contribution is 7.99. The van der Waals surface area contributed by atoms with E-state index < -0.39 is 0 Å². The van der Waals surface area contributed by atoms with Crippen LogP contribution in [0.15, 0.2) is 35.7 Å². The van der Waals surface area contributed by atoms with Crippen LogP contribution in [0.4, 0.5) is 5.13 Å². The lowest BCUT2D eigenvalue weighted by molar-refractivity contribution is -0.113. The Kier molecular flexibility index (Phi) is 4.97. The first-order valence-corrected chi connectivity index (χ1v) is 9.44. The van der Waals surface area contributed by atoms with Gasteiger partial charge in [-0.3, -0.25) is 4.79 Å². The molecule has 1 amide bonds. The molecule has 3 aromatic rings. The van der Waals surface area contributed by atoms with E-state index in [-0.39, 0.29) is 5.91 Å². The van der Waals surface area contributed by atoms with Crippen molar-refractivity contribution in [1.29, 1.82) is 0 Å². The first kappa shape index (κ1) is 15.3. The first-order chi connectivity index (χ1) is 10.7. The Morgan fingerprint density at radius 3 is 3.09 bits per heavy atom. The molecule has 0 aliphatic heterocycles. The fraction of sp³-hybridized carbons (Fsp3) is 0.200. The van der Waals surface area contributed by atoms with Crippen LogP contribution in [-0.4, -0.2) is 23.8 Å².